The largest absolute Gasteiger partial charge is 0.325 e. The van der Waals surface area contributed by atoms with Crippen LogP contribution < -0.4 is 10.0 Å². The van der Waals surface area contributed by atoms with E-state index in [1.54, 1.807) is 24.3 Å². The molecule has 0 saturated carbocycles. The smallest absolute Gasteiger partial charge is 0.261 e. The molecule has 158 valence electrons. The van der Waals surface area contributed by atoms with Crippen molar-refractivity contribution in [2.45, 2.75) is 11.8 Å². The highest BCUT2D eigenvalue weighted by Crippen LogP contribution is 2.33. The van der Waals surface area contributed by atoms with Gasteiger partial charge in [-0.2, -0.15) is 5.10 Å². The van der Waals surface area contributed by atoms with Crippen LogP contribution in [0, 0.1) is 0 Å². The van der Waals surface area contributed by atoms with Crippen LogP contribution in [0.5, 0.6) is 0 Å². The maximum absolute atomic E-state index is 12.8. The van der Waals surface area contributed by atoms with Gasteiger partial charge in [0.15, 0.2) is 0 Å². The van der Waals surface area contributed by atoms with E-state index in [0.717, 1.165) is 10.9 Å². The lowest BCUT2D eigenvalue weighted by atomic mass is 10.1. The third-order valence-electron chi connectivity index (χ3n) is 4.51. The van der Waals surface area contributed by atoms with E-state index < -0.39 is 10.0 Å². The number of sulfonamides is 1. The fourth-order valence-electron chi connectivity index (χ4n) is 3.11. The lowest BCUT2D eigenvalue weighted by molar-refractivity contribution is -0.114. The summed E-state index contributed by atoms with van der Waals surface area (Å²) in [5, 5.41) is 11.3. The molecule has 4 rings (SSSR count). The van der Waals surface area contributed by atoms with E-state index in [9.17, 15) is 13.2 Å². The normalized spacial score (nSPS) is 11.5. The van der Waals surface area contributed by atoms with Crippen LogP contribution in [0.15, 0.2) is 65.6 Å². The summed E-state index contributed by atoms with van der Waals surface area (Å²) < 4.78 is 28.1. The number of fused-ring (bicyclic) bond motifs is 1. The summed E-state index contributed by atoms with van der Waals surface area (Å²) in [4.78, 5) is 11.2. The van der Waals surface area contributed by atoms with Crippen LogP contribution in [0.4, 0.5) is 11.4 Å². The van der Waals surface area contributed by atoms with Gasteiger partial charge in [-0.3, -0.25) is 14.6 Å². The highest BCUT2D eigenvalue weighted by molar-refractivity contribution is 7.92. The van der Waals surface area contributed by atoms with Crippen LogP contribution in [0.2, 0.25) is 10.0 Å². The van der Waals surface area contributed by atoms with Gasteiger partial charge in [-0.25, -0.2) is 8.42 Å². The summed E-state index contributed by atoms with van der Waals surface area (Å²) in [5.41, 5.74) is 2.78. The first-order chi connectivity index (χ1) is 14.7. The van der Waals surface area contributed by atoms with E-state index >= 15 is 0 Å². The molecule has 3 aromatic carbocycles. The molecule has 1 aromatic heterocycles. The Morgan fingerprint density at radius 2 is 1.77 bits per heavy atom. The van der Waals surface area contributed by atoms with E-state index in [2.05, 4.69) is 20.2 Å². The van der Waals surface area contributed by atoms with Gasteiger partial charge in [0.05, 0.1) is 31.8 Å². The molecule has 10 heteroatoms. The van der Waals surface area contributed by atoms with Gasteiger partial charge in [0, 0.05) is 17.9 Å². The van der Waals surface area contributed by atoms with Gasteiger partial charge >= 0.3 is 0 Å². The van der Waals surface area contributed by atoms with Crippen molar-refractivity contribution in [3.05, 3.63) is 70.7 Å². The number of nitrogens with one attached hydrogen (secondary N) is 3. The van der Waals surface area contributed by atoms with Gasteiger partial charge in [-0.1, -0.05) is 41.4 Å². The molecule has 1 amide bonds. The lowest BCUT2D eigenvalue weighted by Crippen LogP contribution is -2.13. The van der Waals surface area contributed by atoms with Crippen LogP contribution in [0.1, 0.15) is 6.92 Å². The molecular formula is C21H16Cl2N4O3S. The summed E-state index contributed by atoms with van der Waals surface area (Å²) >= 11 is 12.4. The van der Waals surface area contributed by atoms with Crippen LogP contribution in [0.3, 0.4) is 0 Å². The Kier molecular flexibility index (Phi) is 5.62. The molecule has 0 spiro atoms. The molecule has 0 saturated heterocycles. The number of anilines is 2. The fraction of sp³-hybridized carbons (Fsp3) is 0.0476. The average molecular weight is 475 g/mol. The van der Waals surface area contributed by atoms with Crippen molar-refractivity contribution < 1.29 is 13.2 Å². The molecule has 7 nitrogen and oxygen atoms in total. The molecule has 0 bridgehead atoms. The van der Waals surface area contributed by atoms with Crippen molar-refractivity contribution in [1.82, 2.24) is 10.2 Å². The Hall–Kier alpha value is -3.07. The number of carbonyl (C=O) groups is 1. The number of benzene rings is 3. The van der Waals surface area contributed by atoms with Gasteiger partial charge in [-0.15, -0.1) is 0 Å². The number of hydrogen-bond acceptors (Lipinski definition) is 4. The number of aromatic nitrogens is 2. The third-order valence-corrected chi connectivity index (χ3v) is 6.53. The van der Waals surface area contributed by atoms with Crippen molar-refractivity contribution in [1.29, 1.82) is 0 Å². The Bertz CT molecular complexity index is 1420. The number of halogens is 2. The molecule has 0 aliphatic heterocycles. The summed E-state index contributed by atoms with van der Waals surface area (Å²) in [5.74, 6) is -0.306. The lowest BCUT2D eigenvalue weighted by Gasteiger charge is -2.11. The third kappa shape index (κ3) is 4.36. The molecular weight excluding hydrogens is 459 g/mol. The zero-order valence-electron chi connectivity index (χ0n) is 16.1. The van der Waals surface area contributed by atoms with Crippen molar-refractivity contribution in [2.75, 3.05) is 10.0 Å². The Balaban J connectivity index is 1.63. The molecule has 0 fully saturated rings. The zero-order chi connectivity index (χ0) is 22.2. The van der Waals surface area contributed by atoms with Crippen LogP contribution in [-0.2, 0) is 14.8 Å². The Morgan fingerprint density at radius 3 is 2.48 bits per heavy atom. The fourth-order valence-corrected chi connectivity index (χ4v) is 4.70. The minimum absolute atomic E-state index is 0.0342. The molecule has 0 aliphatic carbocycles. The molecule has 1 heterocycles. The van der Waals surface area contributed by atoms with Gasteiger partial charge in [0.25, 0.3) is 10.0 Å². The van der Waals surface area contributed by atoms with Gasteiger partial charge < -0.3 is 5.32 Å². The molecule has 0 atom stereocenters. The zero-order valence-corrected chi connectivity index (χ0v) is 18.4. The first kappa shape index (κ1) is 21.2. The van der Waals surface area contributed by atoms with E-state index in [0.29, 0.717) is 27.6 Å². The maximum Gasteiger partial charge on any atom is 0.261 e. The minimum Gasteiger partial charge on any atom is -0.325 e. The molecule has 3 N–H and O–H groups in total. The number of carbonyl (C=O) groups excluding carboxylic acids is 1. The van der Waals surface area contributed by atoms with E-state index in [-0.39, 0.29) is 15.8 Å². The second kappa shape index (κ2) is 8.22. The number of rotatable bonds is 5. The number of H-pyrrole nitrogens is 1. The standard InChI is InChI=1S/C21H16Cl2N4O3S/c1-12(28)24-19-9-7-14(11-18(19)23)31(29,30)27-13-6-8-16-20(10-13)25-26-21(16)15-4-2-3-5-17(15)22/h2-11,27H,1H3,(H,24,28)(H,25,26). The molecule has 0 aliphatic rings. The quantitative estimate of drug-likeness (QED) is 0.365. The molecule has 0 unspecified atom stereocenters. The molecule has 4 aromatic rings. The summed E-state index contributed by atoms with van der Waals surface area (Å²) in [6.45, 7) is 1.34. The molecule has 31 heavy (non-hydrogen) atoms. The number of amides is 1. The SMILES string of the molecule is CC(=O)Nc1ccc(S(=O)(=O)Nc2ccc3c(-c4ccccc4Cl)n[nH]c3c2)cc1Cl. The van der Waals surface area contributed by atoms with Crippen LogP contribution >= 0.6 is 23.2 Å². The monoisotopic (exact) mass is 474 g/mol. The summed E-state index contributed by atoms with van der Waals surface area (Å²) in [6.07, 6.45) is 0. The summed E-state index contributed by atoms with van der Waals surface area (Å²) in [7, 11) is -3.90. The minimum atomic E-state index is -3.90. The van der Waals surface area contributed by atoms with Crippen LogP contribution in [0.25, 0.3) is 22.2 Å². The van der Waals surface area contributed by atoms with Gasteiger partial charge in [0.1, 0.15) is 5.69 Å². The second-order valence-electron chi connectivity index (χ2n) is 6.74. The van der Waals surface area contributed by atoms with Gasteiger partial charge in [-0.05, 0) is 42.5 Å². The highest BCUT2D eigenvalue weighted by Gasteiger charge is 2.18. The number of aromatic amines is 1. The van der Waals surface area contributed by atoms with E-state index in [1.165, 1.54) is 25.1 Å². The first-order valence-electron chi connectivity index (χ1n) is 9.07. The predicted molar refractivity (Wildman–Crippen MR) is 123 cm³/mol. The average Bonchev–Trinajstić information content (AvgIpc) is 3.12. The van der Waals surface area contributed by atoms with Gasteiger partial charge in [0.2, 0.25) is 5.91 Å². The topological polar surface area (TPSA) is 104 Å². The number of hydrogen-bond donors (Lipinski definition) is 3. The molecule has 0 radical (unpaired) electrons. The predicted octanol–water partition coefficient (Wildman–Crippen LogP) is 5.30. The van der Waals surface area contributed by atoms with Crippen molar-refractivity contribution >= 4 is 61.4 Å². The van der Waals surface area contributed by atoms with E-state index in [4.69, 9.17) is 23.2 Å². The second-order valence-corrected chi connectivity index (χ2v) is 9.24. The van der Waals surface area contributed by atoms with Crippen molar-refractivity contribution in [3.63, 3.8) is 0 Å². The maximum atomic E-state index is 12.8. The van der Waals surface area contributed by atoms with Crippen LogP contribution in [-0.4, -0.2) is 24.5 Å². The van der Waals surface area contributed by atoms with Crippen molar-refractivity contribution in [3.8, 4) is 11.3 Å². The van der Waals surface area contributed by atoms with Crippen molar-refractivity contribution in [2.24, 2.45) is 0 Å². The highest BCUT2D eigenvalue weighted by atomic mass is 35.5. The van der Waals surface area contributed by atoms with E-state index in [1.807, 2.05) is 18.2 Å². The summed E-state index contributed by atoms with van der Waals surface area (Å²) in [6, 6.07) is 16.5. The Labute approximate surface area is 188 Å². The number of nitrogens with zero attached hydrogens (tertiary/aromatic N) is 1. The first-order valence-corrected chi connectivity index (χ1v) is 11.3. The Morgan fingerprint density at radius 1 is 1.00 bits per heavy atom.